The summed E-state index contributed by atoms with van der Waals surface area (Å²) in [4.78, 5) is 11.0. The Kier molecular flexibility index (Phi) is 8.51. The molecule has 0 saturated carbocycles. The van der Waals surface area contributed by atoms with Gasteiger partial charge in [-0.3, -0.25) is 4.79 Å². The van der Waals surface area contributed by atoms with Gasteiger partial charge in [0.25, 0.3) is 0 Å². The van der Waals surface area contributed by atoms with E-state index in [4.69, 9.17) is 18.9 Å². The predicted molar refractivity (Wildman–Crippen MR) is 50.1 cm³/mol. The fraction of sp³-hybridized carbons (Fsp3) is 0.889. The van der Waals surface area contributed by atoms with Crippen molar-refractivity contribution in [3.8, 4) is 0 Å². The summed E-state index contributed by atoms with van der Waals surface area (Å²) in [7, 11) is 4.65. The van der Waals surface area contributed by atoms with Crippen LogP contribution in [-0.2, 0) is 23.7 Å². The highest BCUT2D eigenvalue weighted by atomic mass is 16.6. The molecule has 5 heteroatoms. The molecule has 0 aromatic heterocycles. The van der Waals surface area contributed by atoms with Gasteiger partial charge in [0.15, 0.2) is 0 Å². The van der Waals surface area contributed by atoms with Gasteiger partial charge in [0, 0.05) is 21.3 Å². The van der Waals surface area contributed by atoms with Crippen LogP contribution in [0.5, 0.6) is 0 Å². The minimum absolute atomic E-state index is 0.202. The summed E-state index contributed by atoms with van der Waals surface area (Å²) >= 11 is 0. The van der Waals surface area contributed by atoms with Crippen LogP contribution in [0.3, 0.4) is 0 Å². The molecule has 0 spiro atoms. The van der Waals surface area contributed by atoms with Crippen LogP contribution in [0.25, 0.3) is 0 Å². The molecule has 0 fully saturated rings. The van der Waals surface area contributed by atoms with Crippen molar-refractivity contribution in [2.24, 2.45) is 0 Å². The standard InChI is InChI=1S/C9H18O5/c1-11-5-4-9(10)14-7-8(13-3)6-12-2/h8H,4-7H2,1-3H3. The first-order valence-electron chi connectivity index (χ1n) is 4.40. The SMILES string of the molecule is COCCC(=O)OCC(COC)OC. The molecule has 0 N–H and O–H groups in total. The highest BCUT2D eigenvalue weighted by molar-refractivity contribution is 5.69. The lowest BCUT2D eigenvalue weighted by atomic mass is 10.4. The minimum Gasteiger partial charge on any atom is -0.463 e. The summed E-state index contributed by atoms with van der Waals surface area (Å²) < 4.78 is 19.5. The lowest BCUT2D eigenvalue weighted by Gasteiger charge is -2.14. The number of ether oxygens (including phenoxy) is 4. The van der Waals surface area contributed by atoms with E-state index < -0.39 is 0 Å². The second-order valence-corrected chi connectivity index (χ2v) is 2.74. The summed E-state index contributed by atoms with van der Waals surface area (Å²) in [6.07, 6.45) is 0.0615. The van der Waals surface area contributed by atoms with Gasteiger partial charge in [-0.05, 0) is 0 Å². The van der Waals surface area contributed by atoms with Crippen molar-refractivity contribution in [3.63, 3.8) is 0 Å². The number of methoxy groups -OCH3 is 3. The lowest BCUT2D eigenvalue weighted by Crippen LogP contribution is -2.25. The van der Waals surface area contributed by atoms with E-state index in [0.29, 0.717) is 13.2 Å². The van der Waals surface area contributed by atoms with Crippen molar-refractivity contribution < 1.29 is 23.7 Å². The van der Waals surface area contributed by atoms with E-state index in [1.54, 1.807) is 14.2 Å². The molecule has 0 aliphatic carbocycles. The summed E-state index contributed by atoms with van der Waals surface area (Å²) in [5.74, 6) is -0.287. The van der Waals surface area contributed by atoms with Crippen molar-refractivity contribution in [2.75, 3.05) is 41.2 Å². The van der Waals surface area contributed by atoms with Crippen LogP contribution in [0.4, 0.5) is 0 Å². The molecule has 0 aliphatic rings. The molecule has 0 heterocycles. The molecule has 0 aromatic rings. The third-order valence-electron chi connectivity index (χ3n) is 1.63. The first kappa shape index (κ1) is 13.4. The zero-order chi connectivity index (χ0) is 10.8. The van der Waals surface area contributed by atoms with Crippen molar-refractivity contribution in [2.45, 2.75) is 12.5 Å². The van der Waals surface area contributed by atoms with Crippen molar-refractivity contribution in [1.82, 2.24) is 0 Å². The topological polar surface area (TPSA) is 54.0 Å². The van der Waals surface area contributed by atoms with Gasteiger partial charge >= 0.3 is 5.97 Å². The van der Waals surface area contributed by atoms with Crippen molar-refractivity contribution in [3.05, 3.63) is 0 Å². The van der Waals surface area contributed by atoms with Gasteiger partial charge in [-0.25, -0.2) is 0 Å². The third-order valence-corrected chi connectivity index (χ3v) is 1.63. The van der Waals surface area contributed by atoms with Crippen LogP contribution in [0.1, 0.15) is 6.42 Å². The average Bonchev–Trinajstić information content (AvgIpc) is 2.21. The summed E-state index contributed by atoms with van der Waals surface area (Å²) in [5.41, 5.74) is 0. The van der Waals surface area contributed by atoms with Gasteiger partial charge in [0.2, 0.25) is 0 Å². The minimum atomic E-state index is -0.287. The lowest BCUT2D eigenvalue weighted by molar-refractivity contribution is -0.149. The molecule has 0 bridgehead atoms. The smallest absolute Gasteiger partial charge is 0.308 e. The Morgan fingerprint density at radius 1 is 1.14 bits per heavy atom. The van der Waals surface area contributed by atoms with Gasteiger partial charge in [0.05, 0.1) is 19.6 Å². The molecule has 0 aromatic carbocycles. The number of esters is 1. The zero-order valence-electron chi connectivity index (χ0n) is 8.95. The highest BCUT2D eigenvalue weighted by Gasteiger charge is 2.10. The second-order valence-electron chi connectivity index (χ2n) is 2.74. The maximum atomic E-state index is 11.0. The number of carbonyl (C=O) groups excluding carboxylic acids is 1. The number of hydrogen-bond acceptors (Lipinski definition) is 5. The molecule has 0 aliphatic heterocycles. The largest absolute Gasteiger partial charge is 0.463 e. The molecule has 84 valence electrons. The Hall–Kier alpha value is -0.650. The van der Waals surface area contributed by atoms with Crippen LogP contribution in [0.15, 0.2) is 0 Å². The van der Waals surface area contributed by atoms with Crippen molar-refractivity contribution >= 4 is 5.97 Å². The van der Waals surface area contributed by atoms with Gasteiger partial charge in [-0.1, -0.05) is 0 Å². The van der Waals surface area contributed by atoms with Gasteiger partial charge in [-0.2, -0.15) is 0 Å². The van der Waals surface area contributed by atoms with E-state index in [2.05, 4.69) is 0 Å². The quantitative estimate of drug-likeness (QED) is 0.532. The Morgan fingerprint density at radius 2 is 1.86 bits per heavy atom. The van der Waals surface area contributed by atoms with E-state index in [-0.39, 0.29) is 25.1 Å². The molecule has 0 amide bonds. The monoisotopic (exact) mass is 206 g/mol. The average molecular weight is 206 g/mol. The van der Waals surface area contributed by atoms with E-state index >= 15 is 0 Å². The van der Waals surface area contributed by atoms with Crippen LogP contribution in [0.2, 0.25) is 0 Å². The molecule has 0 saturated heterocycles. The third kappa shape index (κ3) is 6.82. The summed E-state index contributed by atoms with van der Waals surface area (Å²) in [6, 6.07) is 0. The van der Waals surface area contributed by atoms with Crippen LogP contribution < -0.4 is 0 Å². The summed E-state index contributed by atoms with van der Waals surface area (Å²) in [5, 5.41) is 0. The molecule has 0 rings (SSSR count). The second kappa shape index (κ2) is 8.93. The Bertz CT molecular complexity index is 148. The highest BCUT2D eigenvalue weighted by Crippen LogP contribution is 1.95. The summed E-state index contributed by atoms with van der Waals surface area (Å²) in [6.45, 7) is 1.00. The van der Waals surface area contributed by atoms with Crippen LogP contribution >= 0.6 is 0 Å². The van der Waals surface area contributed by atoms with E-state index in [1.165, 1.54) is 7.11 Å². The first-order valence-corrected chi connectivity index (χ1v) is 4.40. The van der Waals surface area contributed by atoms with Crippen LogP contribution in [-0.4, -0.2) is 53.2 Å². The van der Waals surface area contributed by atoms with Gasteiger partial charge < -0.3 is 18.9 Å². The van der Waals surface area contributed by atoms with E-state index in [9.17, 15) is 4.79 Å². The Labute approximate surface area is 84.3 Å². The molecule has 14 heavy (non-hydrogen) atoms. The normalized spacial score (nSPS) is 12.5. The van der Waals surface area contributed by atoms with Gasteiger partial charge in [-0.15, -0.1) is 0 Å². The maximum Gasteiger partial charge on any atom is 0.308 e. The maximum absolute atomic E-state index is 11.0. The fourth-order valence-corrected chi connectivity index (χ4v) is 0.814. The number of hydrogen-bond donors (Lipinski definition) is 0. The molecule has 1 atom stereocenters. The van der Waals surface area contributed by atoms with Crippen molar-refractivity contribution in [1.29, 1.82) is 0 Å². The molecule has 5 nitrogen and oxygen atoms in total. The molecular formula is C9H18O5. The van der Waals surface area contributed by atoms with E-state index in [1.807, 2.05) is 0 Å². The number of rotatable bonds is 8. The predicted octanol–water partition coefficient (Wildman–Crippen LogP) is 0.227. The zero-order valence-corrected chi connectivity index (χ0v) is 8.95. The fourth-order valence-electron chi connectivity index (χ4n) is 0.814. The number of carbonyl (C=O) groups is 1. The van der Waals surface area contributed by atoms with E-state index in [0.717, 1.165) is 0 Å². The van der Waals surface area contributed by atoms with Gasteiger partial charge in [0.1, 0.15) is 12.7 Å². The Morgan fingerprint density at radius 3 is 2.36 bits per heavy atom. The molecular weight excluding hydrogens is 188 g/mol. The Balaban J connectivity index is 3.52. The van der Waals surface area contributed by atoms with Crippen LogP contribution in [0, 0.1) is 0 Å². The molecule has 0 radical (unpaired) electrons. The first-order chi connectivity index (χ1) is 6.74. The molecule has 1 unspecified atom stereocenters.